The van der Waals surface area contributed by atoms with Gasteiger partial charge in [0.05, 0.1) is 37.7 Å². The highest BCUT2D eigenvalue weighted by molar-refractivity contribution is 6.09. The number of nitrogens with one attached hydrogen (secondary N) is 1. The van der Waals surface area contributed by atoms with Gasteiger partial charge < -0.3 is 14.9 Å². The van der Waals surface area contributed by atoms with Gasteiger partial charge in [0, 0.05) is 6.04 Å². The molecule has 0 aliphatic carbocycles. The van der Waals surface area contributed by atoms with E-state index in [0.29, 0.717) is 5.56 Å². The molecule has 32 heavy (non-hydrogen) atoms. The molecule has 166 valence electrons. The standard InChI is InChI=1S/C23H22N2O7/c1-32-21(29)15-9-7-14(8-10-15)18-16-17(23(12-26,24-18)22(30)31)20(28)25(19(16)27)11-13-5-3-2-4-6-13/h2-10,16-18,24,26H,11-12H2,1H3,(H,30,31). The fourth-order valence-electron chi connectivity index (χ4n) is 4.63. The van der Waals surface area contributed by atoms with Crippen molar-refractivity contribution in [3.05, 3.63) is 71.3 Å². The average Bonchev–Trinajstić information content (AvgIpc) is 3.29. The van der Waals surface area contributed by atoms with Crippen molar-refractivity contribution >= 4 is 23.8 Å². The van der Waals surface area contributed by atoms with Crippen LogP contribution in [0.3, 0.4) is 0 Å². The van der Waals surface area contributed by atoms with Crippen LogP contribution in [0.4, 0.5) is 0 Å². The number of nitrogens with zero attached hydrogens (tertiary/aromatic N) is 1. The van der Waals surface area contributed by atoms with Crippen LogP contribution >= 0.6 is 0 Å². The molecule has 2 fully saturated rings. The molecule has 3 N–H and O–H groups in total. The van der Waals surface area contributed by atoms with E-state index in [9.17, 15) is 29.4 Å². The molecule has 2 aliphatic heterocycles. The van der Waals surface area contributed by atoms with E-state index < -0.39 is 53.8 Å². The van der Waals surface area contributed by atoms with Crippen LogP contribution in [-0.4, -0.2) is 58.1 Å². The number of imide groups is 1. The van der Waals surface area contributed by atoms with E-state index in [1.807, 2.05) is 6.07 Å². The highest BCUT2D eigenvalue weighted by Crippen LogP contribution is 2.49. The van der Waals surface area contributed by atoms with Crippen molar-refractivity contribution in [3.8, 4) is 0 Å². The van der Waals surface area contributed by atoms with Crippen molar-refractivity contribution in [3.63, 3.8) is 0 Å². The molecule has 0 radical (unpaired) electrons. The monoisotopic (exact) mass is 438 g/mol. The lowest BCUT2D eigenvalue weighted by Gasteiger charge is -2.29. The van der Waals surface area contributed by atoms with Gasteiger partial charge in [-0.25, -0.2) is 4.79 Å². The van der Waals surface area contributed by atoms with Crippen molar-refractivity contribution in [2.24, 2.45) is 11.8 Å². The maximum Gasteiger partial charge on any atom is 0.337 e. The molecule has 0 spiro atoms. The number of carbonyl (C=O) groups is 4. The fourth-order valence-corrected chi connectivity index (χ4v) is 4.63. The van der Waals surface area contributed by atoms with Crippen molar-refractivity contribution in [1.82, 2.24) is 10.2 Å². The number of methoxy groups -OCH3 is 1. The summed E-state index contributed by atoms with van der Waals surface area (Å²) in [7, 11) is 1.26. The molecule has 0 saturated carbocycles. The number of likely N-dealkylation sites (tertiary alicyclic amines) is 1. The number of hydrogen-bond donors (Lipinski definition) is 3. The highest BCUT2D eigenvalue weighted by atomic mass is 16.5. The molecule has 9 heteroatoms. The lowest BCUT2D eigenvalue weighted by molar-refractivity contribution is -0.153. The normalized spacial score (nSPS) is 26.8. The topological polar surface area (TPSA) is 133 Å². The Hall–Kier alpha value is -3.56. The largest absolute Gasteiger partial charge is 0.480 e. The van der Waals surface area contributed by atoms with E-state index >= 15 is 0 Å². The van der Waals surface area contributed by atoms with E-state index in [1.165, 1.54) is 19.2 Å². The van der Waals surface area contributed by atoms with Gasteiger partial charge >= 0.3 is 11.9 Å². The van der Waals surface area contributed by atoms with Crippen LogP contribution in [0.25, 0.3) is 0 Å². The molecule has 9 nitrogen and oxygen atoms in total. The summed E-state index contributed by atoms with van der Waals surface area (Å²) in [5.74, 6) is -5.38. The Labute approximate surface area is 183 Å². The van der Waals surface area contributed by atoms with Crippen LogP contribution < -0.4 is 5.32 Å². The summed E-state index contributed by atoms with van der Waals surface area (Å²) in [5.41, 5.74) is -0.468. The molecule has 2 aromatic rings. The van der Waals surface area contributed by atoms with Crippen molar-refractivity contribution in [1.29, 1.82) is 0 Å². The molecule has 2 heterocycles. The summed E-state index contributed by atoms with van der Waals surface area (Å²) in [6, 6.07) is 14.2. The van der Waals surface area contributed by atoms with Crippen LogP contribution in [0, 0.1) is 11.8 Å². The first-order chi connectivity index (χ1) is 15.3. The first-order valence-electron chi connectivity index (χ1n) is 10.0. The predicted molar refractivity (Wildman–Crippen MR) is 110 cm³/mol. The number of hydrogen-bond acceptors (Lipinski definition) is 7. The Bertz CT molecular complexity index is 1070. The third-order valence-corrected chi connectivity index (χ3v) is 6.25. The first-order valence-corrected chi connectivity index (χ1v) is 10.0. The number of carbonyl (C=O) groups excluding carboxylic acids is 3. The summed E-state index contributed by atoms with van der Waals surface area (Å²) >= 11 is 0. The molecular formula is C23H22N2O7. The van der Waals surface area contributed by atoms with Crippen molar-refractivity contribution in [2.45, 2.75) is 18.1 Å². The lowest BCUT2D eigenvalue weighted by atomic mass is 9.79. The van der Waals surface area contributed by atoms with E-state index in [0.717, 1.165) is 10.5 Å². The molecular weight excluding hydrogens is 416 g/mol. The second-order valence-electron chi connectivity index (χ2n) is 7.92. The quantitative estimate of drug-likeness (QED) is 0.444. The van der Waals surface area contributed by atoms with E-state index in [1.54, 1.807) is 36.4 Å². The fraction of sp³-hybridized carbons (Fsp3) is 0.304. The van der Waals surface area contributed by atoms with Gasteiger partial charge in [-0.15, -0.1) is 0 Å². The molecule has 4 unspecified atom stereocenters. The number of rotatable bonds is 6. The number of esters is 1. The van der Waals surface area contributed by atoms with Crippen LogP contribution in [0.5, 0.6) is 0 Å². The lowest BCUT2D eigenvalue weighted by Crippen LogP contribution is -2.58. The number of amides is 2. The van der Waals surface area contributed by atoms with Crippen molar-refractivity contribution in [2.75, 3.05) is 13.7 Å². The van der Waals surface area contributed by atoms with Crippen LogP contribution in [-0.2, 0) is 25.7 Å². The van der Waals surface area contributed by atoms with Crippen LogP contribution in [0.1, 0.15) is 27.5 Å². The molecule has 4 atom stereocenters. The maximum absolute atomic E-state index is 13.3. The summed E-state index contributed by atoms with van der Waals surface area (Å²) < 4.78 is 4.68. The maximum atomic E-state index is 13.3. The van der Waals surface area contributed by atoms with E-state index in [4.69, 9.17) is 0 Å². The van der Waals surface area contributed by atoms with Crippen LogP contribution in [0.2, 0.25) is 0 Å². The second kappa shape index (κ2) is 8.18. The second-order valence-corrected chi connectivity index (χ2v) is 7.92. The zero-order chi connectivity index (χ0) is 23.0. The Balaban J connectivity index is 1.73. The number of aliphatic carboxylic acids is 1. The van der Waals surface area contributed by atoms with E-state index in [-0.39, 0.29) is 12.1 Å². The Kier molecular flexibility index (Phi) is 5.53. The Morgan fingerprint density at radius 3 is 2.28 bits per heavy atom. The third-order valence-electron chi connectivity index (χ3n) is 6.25. The molecule has 0 bridgehead atoms. The molecule has 2 aromatic carbocycles. The zero-order valence-corrected chi connectivity index (χ0v) is 17.2. The zero-order valence-electron chi connectivity index (χ0n) is 17.2. The summed E-state index contributed by atoms with van der Waals surface area (Å²) in [4.78, 5) is 51.6. The smallest absolute Gasteiger partial charge is 0.337 e. The van der Waals surface area contributed by atoms with Gasteiger partial charge in [0.1, 0.15) is 0 Å². The number of carboxylic acid groups (broad SMARTS) is 1. The minimum Gasteiger partial charge on any atom is -0.480 e. The SMILES string of the molecule is COC(=O)c1ccc(C2NC(CO)(C(=O)O)C3C(=O)N(Cc4ccccc4)C(=O)C23)cc1. The summed E-state index contributed by atoms with van der Waals surface area (Å²) in [5, 5.41) is 22.8. The molecule has 2 aliphatic rings. The van der Waals surface area contributed by atoms with Gasteiger partial charge in [-0.2, -0.15) is 0 Å². The molecule has 0 aromatic heterocycles. The van der Waals surface area contributed by atoms with Gasteiger partial charge in [0.15, 0.2) is 5.54 Å². The number of carboxylic acids is 1. The number of benzene rings is 2. The third kappa shape index (κ3) is 3.26. The van der Waals surface area contributed by atoms with Gasteiger partial charge in [-0.1, -0.05) is 42.5 Å². The Morgan fingerprint density at radius 2 is 1.72 bits per heavy atom. The summed E-state index contributed by atoms with van der Waals surface area (Å²) in [6.45, 7) is -0.848. The minimum atomic E-state index is -2.01. The van der Waals surface area contributed by atoms with Gasteiger partial charge in [0.2, 0.25) is 11.8 Å². The Morgan fingerprint density at radius 1 is 1.06 bits per heavy atom. The summed E-state index contributed by atoms with van der Waals surface area (Å²) in [6.07, 6.45) is 0. The van der Waals surface area contributed by atoms with E-state index in [2.05, 4.69) is 10.1 Å². The van der Waals surface area contributed by atoms with Gasteiger partial charge in [-0.3, -0.25) is 24.6 Å². The average molecular weight is 438 g/mol. The minimum absolute atomic E-state index is 0.0145. The predicted octanol–water partition coefficient (Wildman–Crippen LogP) is 0.735. The number of aliphatic hydroxyl groups excluding tert-OH is 1. The molecule has 4 rings (SSSR count). The van der Waals surface area contributed by atoms with Gasteiger partial charge in [0.25, 0.3) is 0 Å². The first kappa shape index (κ1) is 21.7. The highest BCUT2D eigenvalue weighted by Gasteiger charge is 2.68. The number of aliphatic hydroxyl groups is 1. The molecule has 2 amide bonds. The van der Waals surface area contributed by atoms with Gasteiger partial charge in [-0.05, 0) is 23.3 Å². The number of ether oxygens (including phenoxy) is 1. The number of fused-ring (bicyclic) bond motifs is 1. The van der Waals surface area contributed by atoms with Crippen LogP contribution in [0.15, 0.2) is 54.6 Å². The van der Waals surface area contributed by atoms with Crippen molar-refractivity contribution < 1.29 is 34.1 Å². The molecule has 2 saturated heterocycles.